The van der Waals surface area contributed by atoms with Gasteiger partial charge in [-0.25, -0.2) is 4.99 Å². The van der Waals surface area contributed by atoms with Gasteiger partial charge in [0.25, 0.3) is 0 Å². The molecule has 4 heteroatoms. The maximum absolute atomic E-state index is 10.9. The Morgan fingerprint density at radius 2 is 2.20 bits per heavy atom. The zero-order valence-corrected chi connectivity index (χ0v) is 11.6. The molecule has 0 N–H and O–H groups in total. The predicted molar refractivity (Wildman–Crippen MR) is 79.5 cm³/mol. The van der Waals surface area contributed by atoms with Crippen LogP contribution in [0.15, 0.2) is 59.8 Å². The number of benzene rings is 1. The van der Waals surface area contributed by atoms with Crippen molar-refractivity contribution in [3.05, 3.63) is 60.3 Å². The first-order valence-corrected chi connectivity index (χ1v) is 6.51. The van der Waals surface area contributed by atoms with Gasteiger partial charge in [-0.15, -0.1) is 6.58 Å². The van der Waals surface area contributed by atoms with E-state index in [1.165, 1.54) is 6.92 Å². The lowest BCUT2D eigenvalue weighted by molar-refractivity contribution is -0.140. The van der Waals surface area contributed by atoms with Crippen molar-refractivity contribution in [2.75, 3.05) is 19.7 Å². The largest absolute Gasteiger partial charge is 0.461 e. The predicted octanol–water partition coefficient (Wildman–Crippen LogP) is 2.38. The lowest BCUT2D eigenvalue weighted by Crippen LogP contribution is -2.36. The second-order valence-electron chi connectivity index (χ2n) is 4.56. The van der Waals surface area contributed by atoms with Crippen molar-refractivity contribution in [3.8, 4) is 0 Å². The average Bonchev–Trinajstić information content (AvgIpc) is 2.46. The lowest BCUT2D eigenvalue weighted by Gasteiger charge is -2.28. The first-order chi connectivity index (χ1) is 9.70. The van der Waals surface area contributed by atoms with E-state index in [2.05, 4.69) is 16.5 Å². The summed E-state index contributed by atoms with van der Waals surface area (Å²) < 4.78 is 5.02. The molecule has 0 spiro atoms. The lowest BCUT2D eigenvalue weighted by atomic mass is 10.1. The van der Waals surface area contributed by atoms with E-state index < -0.39 is 0 Å². The number of esters is 1. The minimum Gasteiger partial charge on any atom is -0.461 e. The van der Waals surface area contributed by atoms with Gasteiger partial charge in [0, 0.05) is 37.3 Å². The van der Waals surface area contributed by atoms with Crippen LogP contribution < -0.4 is 0 Å². The molecule has 1 aliphatic rings. The second kappa shape index (κ2) is 6.70. The highest BCUT2D eigenvalue weighted by molar-refractivity contribution is 5.99. The monoisotopic (exact) mass is 270 g/mol. The van der Waals surface area contributed by atoms with Crippen LogP contribution in [0.1, 0.15) is 12.5 Å². The van der Waals surface area contributed by atoms with Crippen molar-refractivity contribution in [1.29, 1.82) is 0 Å². The van der Waals surface area contributed by atoms with E-state index in [0.717, 1.165) is 17.0 Å². The summed E-state index contributed by atoms with van der Waals surface area (Å²) >= 11 is 0. The quantitative estimate of drug-likeness (QED) is 0.609. The van der Waals surface area contributed by atoms with Crippen molar-refractivity contribution >= 4 is 11.8 Å². The van der Waals surface area contributed by atoms with Gasteiger partial charge in [0.15, 0.2) is 0 Å². The van der Waals surface area contributed by atoms with Gasteiger partial charge in [0.05, 0.1) is 0 Å². The van der Waals surface area contributed by atoms with E-state index in [9.17, 15) is 4.79 Å². The summed E-state index contributed by atoms with van der Waals surface area (Å²) in [5, 5.41) is 0. The first-order valence-electron chi connectivity index (χ1n) is 6.51. The number of carbonyl (C=O) groups excluding carboxylic acids is 1. The van der Waals surface area contributed by atoms with Gasteiger partial charge in [0.1, 0.15) is 12.4 Å². The normalized spacial score (nSPS) is 14.3. The minimum absolute atomic E-state index is 0.279. The molecule has 0 aliphatic carbocycles. The molecule has 20 heavy (non-hydrogen) atoms. The maximum atomic E-state index is 10.9. The van der Waals surface area contributed by atoms with Crippen molar-refractivity contribution in [2.24, 2.45) is 4.99 Å². The van der Waals surface area contributed by atoms with Crippen molar-refractivity contribution < 1.29 is 9.53 Å². The van der Waals surface area contributed by atoms with Crippen LogP contribution in [0.5, 0.6) is 0 Å². The fourth-order valence-electron chi connectivity index (χ4n) is 2.02. The molecule has 0 saturated heterocycles. The summed E-state index contributed by atoms with van der Waals surface area (Å²) in [7, 11) is 0. The fourth-order valence-corrected chi connectivity index (χ4v) is 2.02. The molecule has 1 heterocycles. The van der Waals surface area contributed by atoms with Gasteiger partial charge in [-0.2, -0.15) is 0 Å². The Morgan fingerprint density at radius 3 is 2.85 bits per heavy atom. The van der Waals surface area contributed by atoms with Gasteiger partial charge in [-0.3, -0.25) is 4.79 Å². The third-order valence-corrected chi connectivity index (χ3v) is 2.91. The summed E-state index contributed by atoms with van der Waals surface area (Å²) in [6.45, 7) is 6.86. The van der Waals surface area contributed by atoms with Crippen LogP contribution >= 0.6 is 0 Å². The number of nitrogens with zero attached hydrogens (tertiary/aromatic N) is 2. The Kier molecular flexibility index (Phi) is 4.71. The summed E-state index contributed by atoms with van der Waals surface area (Å²) in [5.41, 5.74) is 2.04. The number of aliphatic imine (C=N–C) groups is 1. The molecule has 0 aromatic heterocycles. The Bertz CT molecular complexity index is 547. The summed E-state index contributed by atoms with van der Waals surface area (Å²) in [4.78, 5) is 17.5. The summed E-state index contributed by atoms with van der Waals surface area (Å²) in [5.74, 6) is 0.635. The Morgan fingerprint density at radius 1 is 1.45 bits per heavy atom. The van der Waals surface area contributed by atoms with Crippen molar-refractivity contribution in [2.45, 2.75) is 6.92 Å². The third-order valence-electron chi connectivity index (χ3n) is 2.91. The fraction of sp³-hybridized carbons (Fsp3) is 0.250. The number of hydrogen-bond acceptors (Lipinski definition) is 4. The number of hydrogen-bond donors (Lipinski definition) is 0. The molecule has 0 bridgehead atoms. The van der Waals surface area contributed by atoms with Crippen LogP contribution in [0.4, 0.5) is 0 Å². The molecular weight excluding hydrogens is 252 g/mol. The molecular formula is C16H18N2O2. The molecule has 0 radical (unpaired) electrons. The van der Waals surface area contributed by atoms with Gasteiger partial charge >= 0.3 is 5.97 Å². The average molecular weight is 270 g/mol. The molecule has 0 saturated carbocycles. The van der Waals surface area contributed by atoms with Gasteiger partial charge < -0.3 is 9.64 Å². The molecule has 0 amide bonds. The summed E-state index contributed by atoms with van der Waals surface area (Å²) in [6, 6.07) is 10.0. The Labute approximate surface area is 119 Å². The first kappa shape index (κ1) is 14.1. The Hall–Kier alpha value is -2.36. The zero-order chi connectivity index (χ0) is 14.4. The highest BCUT2D eigenvalue weighted by Crippen LogP contribution is 2.14. The topological polar surface area (TPSA) is 41.9 Å². The zero-order valence-electron chi connectivity index (χ0n) is 11.6. The molecule has 1 aromatic carbocycles. The van der Waals surface area contributed by atoms with Crippen LogP contribution in [0.2, 0.25) is 0 Å². The van der Waals surface area contributed by atoms with E-state index in [1.54, 1.807) is 6.20 Å². The molecule has 0 atom stereocenters. The highest BCUT2D eigenvalue weighted by atomic mass is 16.5. The number of ether oxygens (including phenoxy) is 1. The van der Waals surface area contributed by atoms with E-state index >= 15 is 0 Å². The number of rotatable bonds is 5. The maximum Gasteiger partial charge on any atom is 0.302 e. The number of amidine groups is 1. The molecule has 4 nitrogen and oxygen atoms in total. The highest BCUT2D eigenvalue weighted by Gasteiger charge is 2.17. The van der Waals surface area contributed by atoms with Crippen molar-refractivity contribution in [1.82, 2.24) is 4.90 Å². The van der Waals surface area contributed by atoms with Crippen LogP contribution in [-0.4, -0.2) is 36.4 Å². The molecule has 0 fully saturated rings. The Balaban J connectivity index is 2.19. The second-order valence-corrected chi connectivity index (χ2v) is 4.56. The van der Waals surface area contributed by atoms with Crippen LogP contribution in [0.25, 0.3) is 0 Å². The molecule has 104 valence electrons. The van der Waals surface area contributed by atoms with Crippen LogP contribution in [0.3, 0.4) is 0 Å². The van der Waals surface area contributed by atoms with E-state index in [4.69, 9.17) is 4.74 Å². The molecule has 1 aromatic rings. The van der Waals surface area contributed by atoms with Crippen LogP contribution in [-0.2, 0) is 9.53 Å². The van der Waals surface area contributed by atoms with Crippen molar-refractivity contribution in [3.63, 3.8) is 0 Å². The molecule has 2 rings (SSSR count). The SMILES string of the molecule is C=CCN1CC(COC(C)=O)=CN=C1c1ccccc1. The smallest absolute Gasteiger partial charge is 0.302 e. The van der Waals surface area contributed by atoms with E-state index in [1.807, 2.05) is 36.4 Å². The van der Waals surface area contributed by atoms with E-state index in [0.29, 0.717) is 13.1 Å². The third kappa shape index (κ3) is 3.57. The number of carbonyl (C=O) groups is 1. The van der Waals surface area contributed by atoms with E-state index in [-0.39, 0.29) is 12.6 Å². The van der Waals surface area contributed by atoms with Crippen LogP contribution in [0, 0.1) is 0 Å². The van der Waals surface area contributed by atoms with Gasteiger partial charge in [-0.05, 0) is 0 Å². The van der Waals surface area contributed by atoms with Gasteiger partial charge in [-0.1, -0.05) is 36.4 Å². The molecule has 0 unspecified atom stereocenters. The minimum atomic E-state index is -0.279. The standard InChI is InChI=1S/C16H18N2O2/c1-3-9-18-11-14(12-20-13(2)19)10-17-16(18)15-7-5-4-6-8-15/h3-8,10H,1,9,11-12H2,2H3. The summed E-state index contributed by atoms with van der Waals surface area (Å²) in [6.07, 6.45) is 3.62. The molecule has 1 aliphatic heterocycles. The van der Waals surface area contributed by atoms with Gasteiger partial charge in [0.2, 0.25) is 0 Å².